The lowest BCUT2D eigenvalue weighted by molar-refractivity contribution is 0.630. The molecule has 0 radical (unpaired) electrons. The van der Waals surface area contributed by atoms with Gasteiger partial charge in [-0.2, -0.15) is 0 Å². The van der Waals surface area contributed by atoms with E-state index < -0.39 is 0 Å². The van der Waals surface area contributed by atoms with Gasteiger partial charge in [0.1, 0.15) is 0 Å². The van der Waals surface area contributed by atoms with Crippen LogP contribution in [-0.4, -0.2) is 9.30 Å². The van der Waals surface area contributed by atoms with Crippen LogP contribution in [0, 0.1) is 0 Å². The number of alkyl halides is 2. The lowest BCUT2D eigenvalue weighted by Gasteiger charge is -2.08. The number of halogens is 2. The van der Waals surface area contributed by atoms with Crippen molar-refractivity contribution in [1.82, 2.24) is 0 Å². The second-order valence-electron chi connectivity index (χ2n) is 3.10. The first-order valence-corrected chi connectivity index (χ1v) is 6.13. The standard InChI is InChI=1S/C9H18ClI/c1-3-5-9(11)7-4-6-8(2)10/h8-9H,3-7H2,1-2H3. The topological polar surface area (TPSA) is 0 Å². The van der Waals surface area contributed by atoms with Gasteiger partial charge in [-0.1, -0.05) is 42.4 Å². The molecule has 0 aromatic carbocycles. The van der Waals surface area contributed by atoms with E-state index in [0.29, 0.717) is 5.38 Å². The largest absolute Gasteiger partial charge is 0.123 e. The van der Waals surface area contributed by atoms with Gasteiger partial charge in [-0.3, -0.25) is 0 Å². The third-order valence-corrected chi connectivity index (χ3v) is 3.19. The van der Waals surface area contributed by atoms with Crippen LogP contribution in [0.4, 0.5) is 0 Å². The summed E-state index contributed by atoms with van der Waals surface area (Å²) < 4.78 is 0.869. The normalized spacial score (nSPS) is 16.4. The van der Waals surface area contributed by atoms with E-state index in [-0.39, 0.29) is 0 Å². The maximum atomic E-state index is 5.84. The van der Waals surface area contributed by atoms with Crippen molar-refractivity contribution in [1.29, 1.82) is 0 Å². The molecule has 2 heteroatoms. The monoisotopic (exact) mass is 288 g/mol. The van der Waals surface area contributed by atoms with E-state index in [1.54, 1.807) is 0 Å². The van der Waals surface area contributed by atoms with Crippen molar-refractivity contribution in [3.05, 3.63) is 0 Å². The highest BCUT2D eigenvalue weighted by Gasteiger charge is 2.03. The van der Waals surface area contributed by atoms with Gasteiger partial charge in [0, 0.05) is 9.30 Å². The summed E-state index contributed by atoms with van der Waals surface area (Å²) in [5.74, 6) is 0. The molecule has 0 saturated carbocycles. The van der Waals surface area contributed by atoms with Crippen LogP contribution in [0.3, 0.4) is 0 Å². The summed E-state index contributed by atoms with van der Waals surface area (Å²) in [7, 11) is 0. The molecule has 0 aliphatic heterocycles. The Kier molecular flexibility index (Phi) is 8.37. The van der Waals surface area contributed by atoms with Crippen molar-refractivity contribution in [3.8, 4) is 0 Å². The molecule has 0 aromatic rings. The van der Waals surface area contributed by atoms with Crippen LogP contribution < -0.4 is 0 Å². The first-order chi connectivity index (χ1) is 5.16. The Morgan fingerprint density at radius 2 is 1.91 bits per heavy atom. The van der Waals surface area contributed by atoms with E-state index >= 15 is 0 Å². The summed E-state index contributed by atoms with van der Waals surface area (Å²) in [6, 6.07) is 0. The smallest absolute Gasteiger partial charge is 0.0307 e. The molecule has 0 aliphatic rings. The number of rotatable bonds is 6. The highest BCUT2D eigenvalue weighted by atomic mass is 127. The van der Waals surface area contributed by atoms with Crippen LogP contribution in [0.5, 0.6) is 0 Å². The fraction of sp³-hybridized carbons (Fsp3) is 1.00. The van der Waals surface area contributed by atoms with Crippen molar-refractivity contribution in [2.75, 3.05) is 0 Å². The Hall–Kier alpha value is 1.02. The molecule has 0 aliphatic carbocycles. The Balaban J connectivity index is 3.10. The maximum absolute atomic E-state index is 5.84. The van der Waals surface area contributed by atoms with Crippen molar-refractivity contribution in [2.24, 2.45) is 0 Å². The summed E-state index contributed by atoms with van der Waals surface area (Å²) in [5, 5.41) is 0.361. The first kappa shape index (κ1) is 12.0. The predicted molar refractivity (Wildman–Crippen MR) is 61.9 cm³/mol. The minimum Gasteiger partial charge on any atom is -0.123 e. The van der Waals surface area contributed by atoms with Gasteiger partial charge in [0.2, 0.25) is 0 Å². The zero-order valence-electron chi connectivity index (χ0n) is 7.45. The molecule has 68 valence electrons. The average Bonchev–Trinajstić information content (AvgIpc) is 1.87. The van der Waals surface area contributed by atoms with E-state index in [1.807, 2.05) is 0 Å². The second-order valence-corrected chi connectivity index (χ2v) is 5.60. The first-order valence-electron chi connectivity index (χ1n) is 4.45. The predicted octanol–water partition coefficient (Wildman–Crippen LogP) is 4.39. The molecule has 0 heterocycles. The van der Waals surface area contributed by atoms with Gasteiger partial charge in [0.05, 0.1) is 0 Å². The Labute approximate surface area is 89.2 Å². The minimum atomic E-state index is 0.361. The second kappa shape index (κ2) is 7.66. The van der Waals surface area contributed by atoms with Gasteiger partial charge in [0.15, 0.2) is 0 Å². The lowest BCUT2D eigenvalue weighted by Crippen LogP contribution is -1.98. The molecule has 0 aromatic heterocycles. The molecule has 0 bridgehead atoms. The van der Waals surface area contributed by atoms with Crippen LogP contribution in [-0.2, 0) is 0 Å². The van der Waals surface area contributed by atoms with Crippen LogP contribution >= 0.6 is 34.2 Å². The summed E-state index contributed by atoms with van der Waals surface area (Å²) in [5.41, 5.74) is 0. The van der Waals surface area contributed by atoms with Gasteiger partial charge < -0.3 is 0 Å². The summed E-state index contributed by atoms with van der Waals surface area (Å²) >= 11 is 8.38. The molecule has 0 spiro atoms. The molecule has 0 amide bonds. The fourth-order valence-electron chi connectivity index (χ4n) is 1.08. The zero-order valence-corrected chi connectivity index (χ0v) is 10.4. The fourth-order valence-corrected chi connectivity index (χ4v) is 2.30. The Bertz CT molecular complexity index is 83.6. The molecular weight excluding hydrogens is 270 g/mol. The van der Waals surface area contributed by atoms with Crippen molar-refractivity contribution < 1.29 is 0 Å². The van der Waals surface area contributed by atoms with E-state index in [9.17, 15) is 0 Å². The van der Waals surface area contributed by atoms with Crippen LogP contribution in [0.2, 0.25) is 0 Å². The molecule has 0 N–H and O–H groups in total. The molecule has 0 fully saturated rings. The van der Waals surface area contributed by atoms with Gasteiger partial charge in [-0.15, -0.1) is 11.6 Å². The Morgan fingerprint density at radius 1 is 1.27 bits per heavy atom. The van der Waals surface area contributed by atoms with Crippen molar-refractivity contribution in [2.45, 2.75) is 55.3 Å². The van der Waals surface area contributed by atoms with Crippen molar-refractivity contribution in [3.63, 3.8) is 0 Å². The summed E-state index contributed by atoms with van der Waals surface area (Å²) in [4.78, 5) is 0. The Morgan fingerprint density at radius 3 is 2.36 bits per heavy atom. The van der Waals surface area contributed by atoms with Gasteiger partial charge in [0.25, 0.3) is 0 Å². The third-order valence-electron chi connectivity index (χ3n) is 1.72. The quantitative estimate of drug-likeness (QED) is 0.502. The highest BCUT2D eigenvalue weighted by molar-refractivity contribution is 14.1. The molecule has 2 atom stereocenters. The van der Waals surface area contributed by atoms with Gasteiger partial charge in [-0.25, -0.2) is 0 Å². The minimum absolute atomic E-state index is 0.361. The lowest BCUT2D eigenvalue weighted by atomic mass is 10.1. The average molecular weight is 289 g/mol. The summed E-state index contributed by atoms with van der Waals surface area (Å²) in [6.45, 7) is 4.32. The molecule has 0 nitrogen and oxygen atoms in total. The highest BCUT2D eigenvalue weighted by Crippen LogP contribution is 2.17. The number of hydrogen-bond donors (Lipinski definition) is 0. The number of hydrogen-bond acceptors (Lipinski definition) is 0. The molecule has 0 rings (SSSR count). The van der Waals surface area contributed by atoms with Gasteiger partial charge >= 0.3 is 0 Å². The SMILES string of the molecule is CCCC(I)CCCC(C)Cl. The van der Waals surface area contributed by atoms with Gasteiger partial charge in [-0.05, 0) is 26.2 Å². The summed E-state index contributed by atoms with van der Waals surface area (Å²) in [6.07, 6.45) is 6.47. The van der Waals surface area contributed by atoms with E-state index in [2.05, 4.69) is 36.4 Å². The van der Waals surface area contributed by atoms with E-state index in [1.165, 1.54) is 32.1 Å². The van der Waals surface area contributed by atoms with Crippen molar-refractivity contribution >= 4 is 34.2 Å². The third kappa shape index (κ3) is 8.93. The molecule has 2 unspecified atom stereocenters. The van der Waals surface area contributed by atoms with E-state index in [4.69, 9.17) is 11.6 Å². The van der Waals surface area contributed by atoms with E-state index in [0.717, 1.165) is 3.92 Å². The molecule has 0 saturated heterocycles. The molecule has 11 heavy (non-hydrogen) atoms. The zero-order chi connectivity index (χ0) is 8.69. The van der Waals surface area contributed by atoms with Crippen LogP contribution in [0.15, 0.2) is 0 Å². The van der Waals surface area contributed by atoms with Crippen LogP contribution in [0.1, 0.15) is 46.0 Å². The van der Waals surface area contributed by atoms with Crippen LogP contribution in [0.25, 0.3) is 0 Å². The molecular formula is C9H18ClI. The maximum Gasteiger partial charge on any atom is 0.0307 e.